The van der Waals surface area contributed by atoms with E-state index in [9.17, 15) is 43.2 Å². The molecule has 2 saturated heterocycles. The molecular weight excluding hydrogens is 943 g/mol. The Kier molecular flexibility index (Phi) is 12.1. The molecule has 7 heterocycles. The van der Waals surface area contributed by atoms with Crippen molar-refractivity contribution in [2.75, 3.05) is 43.9 Å². The van der Waals surface area contributed by atoms with Crippen molar-refractivity contribution < 1.29 is 43.2 Å². The highest BCUT2D eigenvalue weighted by atomic mass is 32.2. The number of alkyl halides is 6. The number of halogens is 6. The molecule has 68 heavy (non-hydrogen) atoms. The van der Waals surface area contributed by atoms with E-state index >= 15 is 0 Å². The van der Waals surface area contributed by atoms with E-state index in [1.165, 1.54) is 80.8 Å². The summed E-state index contributed by atoms with van der Waals surface area (Å²) in [4.78, 5) is 18.6. The minimum Gasteiger partial charge on any atom is -0.351 e. The summed E-state index contributed by atoms with van der Waals surface area (Å²) in [5.41, 5.74) is -2.79. The molecule has 1 saturated carbocycles. The van der Waals surface area contributed by atoms with Crippen molar-refractivity contribution in [1.82, 2.24) is 58.5 Å². The lowest BCUT2D eigenvalue weighted by atomic mass is 9.63. The van der Waals surface area contributed by atoms with E-state index in [-0.39, 0.29) is 75.2 Å². The summed E-state index contributed by atoms with van der Waals surface area (Å²) in [6.07, 6.45) is 2.71. The van der Waals surface area contributed by atoms with Gasteiger partial charge in [0.2, 0.25) is 21.9 Å². The van der Waals surface area contributed by atoms with Crippen LogP contribution in [0.4, 0.5) is 43.9 Å². The van der Waals surface area contributed by atoms with Crippen LogP contribution in [0.1, 0.15) is 55.2 Å². The van der Waals surface area contributed by atoms with E-state index in [1.54, 1.807) is 7.05 Å². The van der Waals surface area contributed by atoms with Crippen LogP contribution in [0.25, 0.3) is 22.5 Å². The third-order valence-corrected chi connectivity index (χ3v) is 16.9. The summed E-state index contributed by atoms with van der Waals surface area (Å²) >= 11 is 0. The number of hydrogen-bond donors (Lipinski definition) is 2. The summed E-state index contributed by atoms with van der Waals surface area (Å²) in [5.74, 6) is -0.381. The molecule has 1 aromatic carbocycles. The number of nitrogens with zero attached hydrogens (tertiary/aromatic N) is 12. The highest BCUT2D eigenvalue weighted by Crippen LogP contribution is 2.52. The Labute approximate surface area is 386 Å². The lowest BCUT2D eigenvalue weighted by Crippen LogP contribution is -2.50. The van der Waals surface area contributed by atoms with Gasteiger partial charge in [-0.1, -0.05) is 0 Å². The van der Waals surface area contributed by atoms with E-state index in [0.717, 1.165) is 25.9 Å². The largest absolute Gasteiger partial charge is 0.419 e. The van der Waals surface area contributed by atoms with Crippen LogP contribution < -0.4 is 10.6 Å². The molecule has 0 unspecified atom stereocenters. The average molecular weight is 989 g/mol. The highest BCUT2D eigenvalue weighted by Gasteiger charge is 2.51. The van der Waals surface area contributed by atoms with E-state index in [4.69, 9.17) is 0 Å². The lowest BCUT2D eigenvalue weighted by Gasteiger charge is -2.51. The quantitative estimate of drug-likeness (QED) is 0.135. The van der Waals surface area contributed by atoms with Crippen molar-refractivity contribution in [3.63, 3.8) is 0 Å². The first-order valence-corrected chi connectivity index (χ1v) is 24.5. The smallest absolute Gasteiger partial charge is 0.351 e. The normalized spacial score (nSPS) is 18.0. The lowest BCUT2D eigenvalue weighted by molar-refractivity contribution is -0.138. The third kappa shape index (κ3) is 9.54. The molecule has 18 nitrogen and oxygen atoms in total. The van der Waals surface area contributed by atoms with Crippen LogP contribution in [0.5, 0.6) is 0 Å². The molecule has 1 aliphatic carbocycles. The zero-order valence-electron chi connectivity index (χ0n) is 36.9. The van der Waals surface area contributed by atoms with Crippen LogP contribution in [-0.2, 0) is 52.9 Å². The second-order valence-corrected chi connectivity index (χ2v) is 21.9. The van der Waals surface area contributed by atoms with Gasteiger partial charge in [-0.05, 0) is 87.8 Å². The summed E-state index contributed by atoms with van der Waals surface area (Å²) in [6, 6.07) is 3.90. The van der Waals surface area contributed by atoms with Crippen LogP contribution in [0, 0.1) is 5.41 Å². The average Bonchev–Trinajstić information content (AvgIpc) is 4.05. The molecule has 0 amide bonds. The van der Waals surface area contributed by atoms with Crippen molar-refractivity contribution in [3.8, 4) is 22.5 Å². The first kappa shape index (κ1) is 47.1. The van der Waals surface area contributed by atoms with Gasteiger partial charge >= 0.3 is 12.4 Å². The second kappa shape index (κ2) is 17.5. The topological polar surface area (TPSA) is 204 Å². The Morgan fingerprint density at radius 1 is 0.706 bits per heavy atom. The van der Waals surface area contributed by atoms with Crippen molar-refractivity contribution in [1.29, 1.82) is 0 Å². The van der Waals surface area contributed by atoms with Gasteiger partial charge < -0.3 is 15.5 Å². The maximum Gasteiger partial charge on any atom is 0.419 e. The second-order valence-electron chi connectivity index (χ2n) is 17.7. The fourth-order valence-electron chi connectivity index (χ4n) is 9.08. The summed E-state index contributed by atoms with van der Waals surface area (Å²) < 4.78 is 146. The van der Waals surface area contributed by atoms with Gasteiger partial charge in [0.05, 0.1) is 46.7 Å². The molecule has 2 aliphatic heterocycles. The van der Waals surface area contributed by atoms with Crippen molar-refractivity contribution in [2.45, 2.75) is 78.5 Å². The predicted octanol–water partition coefficient (Wildman–Crippen LogP) is 6.01. The minimum atomic E-state index is -4.88. The summed E-state index contributed by atoms with van der Waals surface area (Å²) in [7, 11) is -2.51. The Hall–Kier alpha value is -5.99. The van der Waals surface area contributed by atoms with E-state index < -0.39 is 60.0 Å². The minimum absolute atomic E-state index is 0.00558. The molecule has 3 fully saturated rings. The van der Waals surface area contributed by atoms with Crippen LogP contribution >= 0.6 is 0 Å². The van der Waals surface area contributed by atoms with Gasteiger partial charge in [-0.2, -0.15) is 45.9 Å². The van der Waals surface area contributed by atoms with Gasteiger partial charge in [-0.15, -0.1) is 0 Å². The van der Waals surface area contributed by atoms with E-state index in [2.05, 4.69) is 50.8 Å². The number of sulfone groups is 1. The number of rotatable bonds is 12. The maximum absolute atomic E-state index is 14.5. The molecule has 5 aromatic heterocycles. The Balaban J connectivity index is 1.00. The molecular formula is C42H46F6N14O4S2. The first-order valence-electron chi connectivity index (χ1n) is 21.5. The fourth-order valence-corrected chi connectivity index (χ4v) is 12.6. The number of piperidine rings is 2. The number of aryl methyl sites for hydroxylation is 2. The predicted molar refractivity (Wildman–Crippen MR) is 234 cm³/mol. The van der Waals surface area contributed by atoms with Gasteiger partial charge in [-0.25, -0.2) is 36.8 Å². The van der Waals surface area contributed by atoms with Crippen LogP contribution in [0.3, 0.4) is 0 Å². The molecule has 2 N–H and O–H groups in total. The molecule has 26 heteroatoms. The molecule has 3 aliphatic rings. The van der Waals surface area contributed by atoms with Gasteiger partial charge in [0.15, 0.2) is 9.84 Å². The van der Waals surface area contributed by atoms with Gasteiger partial charge in [-0.3, -0.25) is 14.0 Å². The number of sulfonamides is 1. The molecule has 362 valence electrons. The fraction of sp³-hybridized carbons (Fsp3) is 0.452. The maximum atomic E-state index is 14.5. The molecule has 9 rings (SSSR count). The SMILES string of the molecule is CN1CCC2(CC1)CC(S(=O)(=O)c1ccc(Nc3ncc(C(F)(F)F)c(-c4cnn(C)c4)n3)c(Cn3cc(-c4nc(NC5CCN(S(=O)(=O)c6cnn(C)c6)CC5)ncc4C(F)(F)F)cn3)c1)C2. The molecule has 0 atom stereocenters. The zero-order chi connectivity index (χ0) is 48.4. The van der Waals surface area contributed by atoms with Crippen molar-refractivity contribution in [2.24, 2.45) is 19.5 Å². The molecule has 1 spiro atoms. The monoisotopic (exact) mass is 988 g/mol. The zero-order valence-corrected chi connectivity index (χ0v) is 38.5. The summed E-state index contributed by atoms with van der Waals surface area (Å²) in [6.45, 7) is 1.78. The summed E-state index contributed by atoms with van der Waals surface area (Å²) in [5, 5.41) is 17.6. The number of hydrogen-bond acceptors (Lipinski definition) is 14. The highest BCUT2D eigenvalue weighted by molar-refractivity contribution is 7.92. The number of anilines is 3. The number of benzene rings is 1. The van der Waals surface area contributed by atoms with E-state index in [1.807, 2.05) is 7.05 Å². The molecule has 6 aromatic rings. The Morgan fingerprint density at radius 2 is 1.29 bits per heavy atom. The standard InChI is InChI=1S/C42H46F6N14O4S2/c1-58-12-8-40(9-13-58)15-31(16-40)67(63,64)30-4-5-35(55-39-50-21-33(41(43,44)45)36(57-39)27-17-51-59(2)22-27)26(14-30)23-61-24-28(18-53-61)37-34(42(46,47)48)20-49-38(56-37)54-29-6-10-62(11-7-29)68(65,66)32-19-52-60(3)25-32/h4-5,14,17-22,24-25,29,31H,6-13,15-16,23H2,1-3H3,(H,49,54,56)(H,50,55,57). The number of nitrogens with one attached hydrogen (secondary N) is 2. The van der Waals surface area contributed by atoms with Gasteiger partial charge in [0.25, 0.3) is 0 Å². The first-order chi connectivity index (χ1) is 32.1. The van der Waals surface area contributed by atoms with Crippen molar-refractivity contribution >= 4 is 37.4 Å². The Morgan fingerprint density at radius 3 is 1.90 bits per heavy atom. The van der Waals surface area contributed by atoms with E-state index in [0.29, 0.717) is 38.1 Å². The number of aromatic nitrogens is 10. The molecule has 0 radical (unpaired) electrons. The van der Waals surface area contributed by atoms with Gasteiger partial charge in [0.1, 0.15) is 16.0 Å². The Bertz CT molecular complexity index is 3060. The third-order valence-electron chi connectivity index (χ3n) is 13.0. The van der Waals surface area contributed by atoms with Crippen molar-refractivity contribution in [3.05, 3.63) is 84.5 Å². The van der Waals surface area contributed by atoms with Crippen LogP contribution in [0.2, 0.25) is 0 Å². The molecule has 0 bridgehead atoms. The number of likely N-dealkylation sites (tertiary alicyclic amines) is 1. The van der Waals surface area contributed by atoms with Crippen LogP contribution in [-0.4, -0.2) is 120 Å². The van der Waals surface area contributed by atoms with Gasteiger partial charge in [0, 0.05) is 81.0 Å². The van der Waals surface area contributed by atoms with Crippen LogP contribution in [0.15, 0.2) is 77.6 Å².